The Hall–Kier alpha value is -0.570. The molecule has 72 heavy (non-hydrogen) atoms. The van der Waals surface area contributed by atoms with Crippen molar-refractivity contribution in [1.29, 1.82) is 0 Å². The highest BCUT2D eigenvalue weighted by atomic mass is 79.9. The van der Waals surface area contributed by atoms with Crippen molar-refractivity contribution in [3.63, 3.8) is 0 Å². The summed E-state index contributed by atoms with van der Waals surface area (Å²) in [6, 6.07) is 5.01. The minimum atomic E-state index is 0.344. The zero-order valence-corrected chi connectivity index (χ0v) is 53.0. The second-order valence-electron chi connectivity index (χ2n) is 22.1. The molecule has 5 rings (SSSR count). The van der Waals surface area contributed by atoms with Crippen LogP contribution in [0, 0.1) is 0 Å². The Balaban J connectivity index is 1.33. The molecule has 0 atom stereocenters. The Labute approximate surface area is 476 Å². The Kier molecular flexibility index (Phi) is 32.9. The molecule has 4 aromatic rings. The van der Waals surface area contributed by atoms with Crippen LogP contribution in [0.15, 0.2) is 19.7 Å². The van der Waals surface area contributed by atoms with E-state index in [1.807, 2.05) is 45.3 Å². The highest BCUT2D eigenvalue weighted by molar-refractivity contribution is 9.11. The zero-order valence-electron chi connectivity index (χ0n) is 46.6. The lowest BCUT2D eigenvalue weighted by molar-refractivity contribution is 0.104. The van der Waals surface area contributed by atoms with E-state index in [2.05, 4.69) is 71.7 Å². The molecule has 4 heterocycles. The third-order valence-electron chi connectivity index (χ3n) is 15.8. The minimum absolute atomic E-state index is 0.344. The summed E-state index contributed by atoms with van der Waals surface area (Å²) < 4.78 is 2.60. The van der Waals surface area contributed by atoms with Crippen molar-refractivity contribution >= 4 is 83.0 Å². The summed E-state index contributed by atoms with van der Waals surface area (Å²) in [6.07, 6.45) is 58.5. The largest absolute Gasteiger partial charge is 0.288 e. The van der Waals surface area contributed by atoms with Crippen LogP contribution in [-0.4, -0.2) is 5.78 Å². The summed E-state index contributed by atoms with van der Waals surface area (Å²) in [5.41, 5.74) is 7.83. The number of hydrogen-bond acceptors (Lipinski definition) is 5. The fourth-order valence-corrected chi connectivity index (χ4v) is 17.9. The average molecular weight is 1190 g/mol. The topological polar surface area (TPSA) is 17.1 Å². The average Bonchev–Trinajstić information content (AvgIpc) is 4.19. The van der Waals surface area contributed by atoms with Gasteiger partial charge in [0.15, 0.2) is 5.78 Å². The van der Waals surface area contributed by atoms with E-state index in [9.17, 15) is 0 Å². The molecule has 0 spiro atoms. The predicted molar refractivity (Wildman–Crippen MR) is 335 cm³/mol. The van der Waals surface area contributed by atoms with Crippen LogP contribution in [0.4, 0.5) is 0 Å². The van der Waals surface area contributed by atoms with E-state index in [4.69, 9.17) is 0 Å². The lowest BCUT2D eigenvalue weighted by Crippen LogP contribution is -2.03. The van der Waals surface area contributed by atoms with Crippen LogP contribution in [0.2, 0.25) is 0 Å². The van der Waals surface area contributed by atoms with Gasteiger partial charge in [-0.15, -0.1) is 45.3 Å². The van der Waals surface area contributed by atoms with Gasteiger partial charge < -0.3 is 0 Å². The number of thiophene rings is 4. The molecule has 0 saturated heterocycles. The molecule has 0 radical (unpaired) electrons. The molecule has 0 unspecified atom stereocenters. The molecule has 4 aromatic heterocycles. The highest BCUT2D eigenvalue weighted by Gasteiger charge is 2.39. The van der Waals surface area contributed by atoms with Crippen molar-refractivity contribution in [2.75, 3.05) is 0 Å². The normalized spacial score (nSPS) is 12.3. The van der Waals surface area contributed by atoms with Crippen molar-refractivity contribution in [3.05, 3.63) is 53.1 Å². The Morgan fingerprint density at radius 3 is 0.806 bits per heavy atom. The molecule has 0 aromatic carbocycles. The number of carbonyl (C=O) groups is 1. The summed E-state index contributed by atoms with van der Waals surface area (Å²) in [6.45, 7) is 9.24. The van der Waals surface area contributed by atoms with E-state index in [0.717, 1.165) is 36.8 Å². The second kappa shape index (κ2) is 38.1. The van der Waals surface area contributed by atoms with Gasteiger partial charge in [0.25, 0.3) is 0 Å². The first-order valence-corrected chi connectivity index (χ1v) is 35.7. The molecular weight excluding hydrogens is 1080 g/mol. The van der Waals surface area contributed by atoms with Crippen LogP contribution in [-0.2, 0) is 25.7 Å². The summed E-state index contributed by atoms with van der Waals surface area (Å²) in [4.78, 5) is 23.5. The Bertz CT molecular complexity index is 1900. The fourth-order valence-electron chi connectivity index (χ4n) is 11.3. The summed E-state index contributed by atoms with van der Waals surface area (Å²) in [5, 5.41) is 0. The minimum Gasteiger partial charge on any atom is -0.288 e. The van der Waals surface area contributed by atoms with Crippen molar-refractivity contribution in [2.24, 2.45) is 0 Å². The van der Waals surface area contributed by atoms with Crippen molar-refractivity contribution < 1.29 is 4.79 Å². The fraction of sp³-hybridized carbons (Fsp3) is 0.738. The number of ketones is 1. The van der Waals surface area contributed by atoms with Crippen molar-refractivity contribution in [1.82, 2.24) is 0 Å². The number of hydrogen-bond donors (Lipinski definition) is 0. The number of aryl methyl sites for hydroxylation is 2. The molecule has 0 amide bonds. The zero-order chi connectivity index (χ0) is 51.0. The number of unbranched alkanes of at least 4 members (excludes halogenated alkanes) is 36. The van der Waals surface area contributed by atoms with E-state index >= 15 is 4.79 Å². The van der Waals surface area contributed by atoms with Crippen LogP contribution in [0.5, 0.6) is 0 Å². The quantitative estimate of drug-likeness (QED) is 0.0355. The number of rotatable bonds is 46. The molecule has 7 heteroatoms. The number of fused-ring (bicyclic) bond motifs is 3. The highest BCUT2D eigenvalue weighted by Crippen LogP contribution is 2.57. The first-order valence-electron chi connectivity index (χ1n) is 30.9. The van der Waals surface area contributed by atoms with Gasteiger partial charge in [-0.2, -0.15) is 0 Å². The van der Waals surface area contributed by atoms with Gasteiger partial charge >= 0.3 is 0 Å². The first-order chi connectivity index (χ1) is 35.4. The maximum Gasteiger partial charge on any atom is 0.196 e. The Morgan fingerprint density at radius 2 is 0.542 bits per heavy atom. The summed E-state index contributed by atoms with van der Waals surface area (Å²) in [7, 11) is 0. The van der Waals surface area contributed by atoms with Gasteiger partial charge in [0, 0.05) is 30.6 Å². The van der Waals surface area contributed by atoms with Gasteiger partial charge in [0.2, 0.25) is 0 Å². The Morgan fingerprint density at radius 1 is 0.306 bits per heavy atom. The van der Waals surface area contributed by atoms with Crippen LogP contribution < -0.4 is 0 Å². The van der Waals surface area contributed by atoms with Gasteiger partial charge in [0.05, 0.1) is 17.3 Å². The van der Waals surface area contributed by atoms with Crippen molar-refractivity contribution in [3.8, 4) is 29.3 Å². The molecule has 0 fully saturated rings. The molecule has 0 bridgehead atoms. The van der Waals surface area contributed by atoms with Crippen molar-refractivity contribution in [2.45, 2.75) is 310 Å². The first kappa shape index (κ1) is 62.3. The van der Waals surface area contributed by atoms with Gasteiger partial charge in [-0.1, -0.05) is 259 Å². The summed E-state index contributed by atoms with van der Waals surface area (Å²) in [5.74, 6) is 0.344. The van der Waals surface area contributed by atoms with Crippen LogP contribution in [0.25, 0.3) is 29.3 Å². The standard InChI is InChI=1S/C65H102Br2OS4/c1-5-9-13-17-21-25-29-33-37-41-45-51-49-55(69-64(51)66)60-53(47-43-39-35-31-27-23-19-15-11-7-3)57-59(68)58-54(48-44-40-36-32-28-24-20-16-12-8-4)61(72-63(58)62(57)71-60)56-50-52(65(67)70-56)46-42-38-34-30-26-22-18-14-10-6-2/h49-50H,5-48H2,1-4H3. The van der Waals surface area contributed by atoms with E-state index in [-0.39, 0.29) is 0 Å². The maximum atomic E-state index is 15.4. The van der Waals surface area contributed by atoms with E-state index in [0.29, 0.717) is 5.78 Å². The predicted octanol–water partition coefficient (Wildman–Crippen LogP) is 25.9. The third kappa shape index (κ3) is 21.3. The van der Waals surface area contributed by atoms with E-state index in [1.165, 1.54) is 316 Å². The molecule has 0 N–H and O–H groups in total. The number of carbonyl (C=O) groups excluding carboxylic acids is 1. The smallest absolute Gasteiger partial charge is 0.196 e. The molecular formula is C65H102Br2OS4. The molecule has 0 saturated carbocycles. The summed E-state index contributed by atoms with van der Waals surface area (Å²) >= 11 is 15.9. The van der Waals surface area contributed by atoms with E-state index < -0.39 is 0 Å². The van der Waals surface area contributed by atoms with E-state index in [1.54, 1.807) is 0 Å². The monoisotopic (exact) mass is 1180 g/mol. The van der Waals surface area contributed by atoms with Gasteiger partial charge in [-0.3, -0.25) is 4.79 Å². The molecule has 1 nitrogen and oxygen atoms in total. The maximum absolute atomic E-state index is 15.4. The molecule has 1 aliphatic rings. The van der Waals surface area contributed by atoms with Crippen LogP contribution in [0.1, 0.15) is 323 Å². The van der Waals surface area contributed by atoms with Gasteiger partial charge in [-0.05, 0) is 118 Å². The van der Waals surface area contributed by atoms with Gasteiger partial charge in [-0.25, -0.2) is 0 Å². The second-order valence-corrected chi connectivity index (χ2v) is 28.9. The van der Waals surface area contributed by atoms with Gasteiger partial charge in [0.1, 0.15) is 0 Å². The molecule has 406 valence electrons. The SMILES string of the molecule is CCCCCCCCCCCCc1cc(-c2sc3c(c2CCCCCCCCCCCC)C(=O)c2c-3sc(-c3cc(CCCCCCCCCCCC)c(Br)s3)c2CCCCCCCCCCCC)sc1Br. The molecule has 1 aliphatic carbocycles. The lowest BCUT2D eigenvalue weighted by atomic mass is 9.95. The van der Waals surface area contributed by atoms with Crippen LogP contribution >= 0.6 is 77.2 Å². The number of halogens is 2. The van der Waals surface area contributed by atoms with Crippen LogP contribution in [0.3, 0.4) is 0 Å². The molecule has 0 aliphatic heterocycles. The third-order valence-corrected chi connectivity index (χ3v) is 22.7. The lowest BCUT2D eigenvalue weighted by Gasteiger charge is -2.09.